The molecule has 0 radical (unpaired) electrons. The SMILES string of the molecule is CON1CC(C)N(Cc2ccc(Cl)nc2)C1=N[N+](=O)[O-]. The number of hydrogen-bond donors (Lipinski definition) is 0. The minimum absolute atomic E-state index is 0.0318. The molecule has 0 aromatic carbocycles. The van der Waals surface area contributed by atoms with Crippen molar-refractivity contribution in [1.29, 1.82) is 0 Å². The van der Waals surface area contributed by atoms with E-state index in [2.05, 4.69) is 10.1 Å². The van der Waals surface area contributed by atoms with Crippen LogP contribution in [0.1, 0.15) is 12.5 Å². The quantitative estimate of drug-likeness (QED) is 0.474. The zero-order valence-electron chi connectivity index (χ0n) is 11.1. The molecule has 0 amide bonds. The molecule has 2 heterocycles. The standard InChI is InChI=1S/C11H14ClN5O3/c1-8-6-16(20-2)11(14-17(18)19)15(8)7-9-3-4-10(12)13-5-9/h3-5,8H,6-7H2,1-2H3. The van der Waals surface area contributed by atoms with Gasteiger partial charge >= 0.3 is 0 Å². The normalized spacial score (nSPS) is 20.8. The van der Waals surface area contributed by atoms with Crippen molar-refractivity contribution in [3.8, 4) is 0 Å². The van der Waals surface area contributed by atoms with Crippen LogP contribution in [0.5, 0.6) is 0 Å². The average Bonchev–Trinajstić information content (AvgIpc) is 2.69. The summed E-state index contributed by atoms with van der Waals surface area (Å²) in [4.78, 5) is 21.5. The maximum atomic E-state index is 10.6. The number of guanidine groups is 1. The minimum Gasteiger partial charge on any atom is -0.327 e. The van der Waals surface area contributed by atoms with Crippen LogP contribution in [0.3, 0.4) is 0 Å². The average molecular weight is 300 g/mol. The highest BCUT2D eigenvalue weighted by molar-refractivity contribution is 6.29. The van der Waals surface area contributed by atoms with Gasteiger partial charge in [-0.3, -0.25) is 4.84 Å². The van der Waals surface area contributed by atoms with Crippen molar-refractivity contribution in [2.24, 2.45) is 5.10 Å². The van der Waals surface area contributed by atoms with Crippen LogP contribution < -0.4 is 0 Å². The molecule has 1 aliphatic rings. The van der Waals surface area contributed by atoms with Gasteiger partial charge in [0.15, 0.2) is 5.03 Å². The number of rotatable bonds is 4. The lowest BCUT2D eigenvalue weighted by molar-refractivity contribution is -0.486. The summed E-state index contributed by atoms with van der Waals surface area (Å²) in [7, 11) is 1.45. The zero-order chi connectivity index (χ0) is 14.7. The van der Waals surface area contributed by atoms with Crippen LogP contribution >= 0.6 is 11.6 Å². The predicted octanol–water partition coefficient (Wildman–Crippen LogP) is 1.35. The van der Waals surface area contributed by atoms with Gasteiger partial charge < -0.3 is 4.90 Å². The second-order valence-corrected chi connectivity index (χ2v) is 4.73. The Morgan fingerprint density at radius 1 is 1.65 bits per heavy atom. The van der Waals surface area contributed by atoms with Crippen LogP contribution in [0, 0.1) is 10.1 Å². The summed E-state index contributed by atoms with van der Waals surface area (Å²) in [5.74, 6) is 0.181. The molecule has 1 unspecified atom stereocenters. The van der Waals surface area contributed by atoms with Crippen molar-refractivity contribution >= 4 is 17.6 Å². The van der Waals surface area contributed by atoms with Gasteiger partial charge in [-0.05, 0) is 18.6 Å². The summed E-state index contributed by atoms with van der Waals surface area (Å²) in [5.41, 5.74) is 0.884. The lowest BCUT2D eigenvalue weighted by Gasteiger charge is -2.21. The van der Waals surface area contributed by atoms with Gasteiger partial charge in [-0.15, -0.1) is 0 Å². The van der Waals surface area contributed by atoms with E-state index in [1.54, 1.807) is 17.2 Å². The smallest absolute Gasteiger partial charge is 0.298 e. The summed E-state index contributed by atoms with van der Waals surface area (Å²) in [6.45, 7) is 2.89. The summed E-state index contributed by atoms with van der Waals surface area (Å²) in [6, 6.07) is 3.53. The van der Waals surface area contributed by atoms with Crippen molar-refractivity contribution in [2.75, 3.05) is 13.7 Å². The molecule has 1 fully saturated rings. The highest BCUT2D eigenvalue weighted by Gasteiger charge is 2.35. The molecule has 1 aliphatic heterocycles. The molecule has 1 saturated heterocycles. The Bertz CT molecular complexity index is 521. The number of nitro groups is 1. The first-order valence-electron chi connectivity index (χ1n) is 5.93. The number of halogens is 1. The molecule has 108 valence electrons. The van der Waals surface area contributed by atoms with Crippen LogP contribution in [0.15, 0.2) is 23.4 Å². The topological polar surface area (TPSA) is 84.1 Å². The third-order valence-corrected chi connectivity index (χ3v) is 3.20. The summed E-state index contributed by atoms with van der Waals surface area (Å²) >= 11 is 5.73. The van der Waals surface area contributed by atoms with Gasteiger partial charge in [0.05, 0.1) is 13.7 Å². The van der Waals surface area contributed by atoms with Crippen LogP contribution in [0.2, 0.25) is 5.15 Å². The third kappa shape index (κ3) is 3.14. The fourth-order valence-corrected chi connectivity index (χ4v) is 2.13. The van der Waals surface area contributed by atoms with Gasteiger partial charge in [-0.2, -0.15) is 0 Å². The predicted molar refractivity (Wildman–Crippen MR) is 72.4 cm³/mol. The van der Waals surface area contributed by atoms with Gasteiger partial charge in [-0.25, -0.2) is 20.2 Å². The van der Waals surface area contributed by atoms with Gasteiger partial charge in [0.25, 0.3) is 5.96 Å². The Kier molecular flexibility index (Phi) is 4.35. The van der Waals surface area contributed by atoms with Crippen LogP contribution in [0.4, 0.5) is 0 Å². The van der Waals surface area contributed by atoms with E-state index in [1.165, 1.54) is 12.2 Å². The van der Waals surface area contributed by atoms with E-state index in [1.807, 2.05) is 13.0 Å². The van der Waals surface area contributed by atoms with E-state index < -0.39 is 5.03 Å². The van der Waals surface area contributed by atoms with Crippen LogP contribution in [0.25, 0.3) is 0 Å². The Hall–Kier alpha value is -1.93. The summed E-state index contributed by atoms with van der Waals surface area (Å²) < 4.78 is 0. The molecule has 0 spiro atoms. The van der Waals surface area contributed by atoms with Crippen molar-refractivity contribution < 1.29 is 9.87 Å². The lowest BCUT2D eigenvalue weighted by Crippen LogP contribution is -2.35. The minimum atomic E-state index is -0.730. The zero-order valence-corrected chi connectivity index (χ0v) is 11.8. The third-order valence-electron chi connectivity index (χ3n) is 2.98. The molecule has 0 bridgehead atoms. The van der Waals surface area contributed by atoms with E-state index >= 15 is 0 Å². The molecule has 0 aliphatic carbocycles. The number of pyridine rings is 1. The van der Waals surface area contributed by atoms with Crippen LogP contribution in [-0.4, -0.2) is 45.6 Å². The fourth-order valence-electron chi connectivity index (χ4n) is 2.02. The van der Waals surface area contributed by atoms with Gasteiger partial charge in [0, 0.05) is 18.8 Å². The molecule has 9 heteroatoms. The number of hydrogen-bond acceptors (Lipinski definition) is 4. The number of hydrazone groups is 1. The first-order valence-corrected chi connectivity index (χ1v) is 6.30. The summed E-state index contributed by atoms with van der Waals surface area (Å²) in [5, 5.41) is 15.1. The van der Waals surface area contributed by atoms with Crippen molar-refractivity contribution in [1.82, 2.24) is 14.9 Å². The number of nitrogens with zero attached hydrogens (tertiary/aromatic N) is 5. The molecular weight excluding hydrogens is 286 g/mol. The molecule has 2 rings (SSSR count). The van der Waals surface area contributed by atoms with Crippen molar-refractivity contribution in [2.45, 2.75) is 19.5 Å². The molecular formula is C11H14ClN5O3. The molecule has 1 aromatic rings. The molecule has 20 heavy (non-hydrogen) atoms. The van der Waals surface area contributed by atoms with Crippen molar-refractivity contribution in [3.63, 3.8) is 0 Å². The highest BCUT2D eigenvalue weighted by atomic mass is 35.5. The Balaban J connectivity index is 2.23. The van der Waals surface area contributed by atoms with Gasteiger partial charge in [-0.1, -0.05) is 17.7 Å². The molecule has 8 nitrogen and oxygen atoms in total. The molecule has 0 N–H and O–H groups in total. The van der Waals surface area contributed by atoms with E-state index in [0.717, 1.165) is 5.56 Å². The molecule has 0 saturated carbocycles. The molecule has 1 atom stereocenters. The lowest BCUT2D eigenvalue weighted by atomic mass is 10.2. The maximum Gasteiger partial charge on any atom is 0.298 e. The monoisotopic (exact) mass is 299 g/mol. The van der Waals surface area contributed by atoms with Gasteiger partial charge in [0.1, 0.15) is 10.3 Å². The Labute approximate surface area is 120 Å². The second kappa shape index (κ2) is 6.02. The van der Waals surface area contributed by atoms with Crippen LogP contribution in [-0.2, 0) is 11.4 Å². The summed E-state index contributed by atoms with van der Waals surface area (Å²) in [6.07, 6.45) is 1.63. The van der Waals surface area contributed by atoms with E-state index in [9.17, 15) is 10.1 Å². The number of aromatic nitrogens is 1. The van der Waals surface area contributed by atoms with Gasteiger partial charge in [0.2, 0.25) is 0 Å². The first-order chi connectivity index (χ1) is 9.51. The first kappa shape index (κ1) is 14.5. The Morgan fingerprint density at radius 2 is 2.40 bits per heavy atom. The van der Waals surface area contributed by atoms with Crippen molar-refractivity contribution in [3.05, 3.63) is 39.2 Å². The molecule has 1 aromatic heterocycles. The Morgan fingerprint density at radius 3 is 2.95 bits per heavy atom. The van der Waals surface area contributed by atoms with E-state index in [0.29, 0.717) is 18.2 Å². The largest absolute Gasteiger partial charge is 0.327 e. The van der Waals surface area contributed by atoms with E-state index in [-0.39, 0.29) is 12.0 Å². The van der Waals surface area contributed by atoms with E-state index in [4.69, 9.17) is 16.4 Å². The maximum absolute atomic E-state index is 10.6. The second-order valence-electron chi connectivity index (χ2n) is 4.35. The fraction of sp³-hybridized carbons (Fsp3) is 0.455. The highest BCUT2D eigenvalue weighted by Crippen LogP contribution is 2.19. The number of hydroxylamine groups is 2.